The third-order valence-corrected chi connectivity index (χ3v) is 6.86. The molecule has 0 unspecified atom stereocenters. The van der Waals surface area contributed by atoms with E-state index in [-0.39, 0.29) is 24.7 Å². The van der Waals surface area contributed by atoms with Crippen LogP contribution >= 0.6 is 18.1 Å². The van der Waals surface area contributed by atoms with Crippen molar-refractivity contribution in [2.24, 2.45) is 0 Å². The number of rotatable bonds is 10. The monoisotopic (exact) mass is 428 g/mol. The molecule has 1 rings (SSSR count). The summed E-state index contributed by atoms with van der Waals surface area (Å²) in [7, 11) is 0. The van der Waals surface area contributed by atoms with Crippen LogP contribution in [0.15, 0.2) is 30.3 Å². The number of carbonyl (C=O) groups is 2. The van der Waals surface area contributed by atoms with Gasteiger partial charge in [-0.15, -0.1) is 0 Å². The van der Waals surface area contributed by atoms with E-state index in [1.807, 2.05) is 0 Å². The van der Waals surface area contributed by atoms with Crippen LogP contribution in [0.1, 0.15) is 13.8 Å². The Morgan fingerprint density at radius 1 is 1.26 bits per heavy atom. The summed E-state index contributed by atoms with van der Waals surface area (Å²) in [6.45, 7) is -0.965. The first kappa shape index (κ1) is 23.3. The Labute approximate surface area is 158 Å². The molecule has 27 heavy (non-hydrogen) atoms. The predicted octanol–water partition coefficient (Wildman–Crippen LogP) is 3.13. The van der Waals surface area contributed by atoms with Crippen LogP contribution in [-0.2, 0) is 18.9 Å². The van der Waals surface area contributed by atoms with Crippen molar-refractivity contribution in [1.82, 2.24) is 10.4 Å². The molecule has 2 atom stereocenters. The number of amides is 1. The molecule has 1 amide bonds. The molecule has 0 fully saturated rings. The van der Waals surface area contributed by atoms with Gasteiger partial charge in [0.15, 0.2) is 0 Å². The van der Waals surface area contributed by atoms with Crippen LogP contribution in [-0.4, -0.2) is 43.0 Å². The minimum Gasteiger partial charge on any atom is -0.465 e. The van der Waals surface area contributed by atoms with Gasteiger partial charge in [0.2, 0.25) is 0 Å². The number of esters is 1. The predicted molar refractivity (Wildman–Crippen MR) is 95.4 cm³/mol. The Hall–Kier alpha value is -1.71. The zero-order valence-electron chi connectivity index (χ0n) is 14.6. The van der Waals surface area contributed by atoms with Gasteiger partial charge >= 0.3 is 24.8 Å². The SMILES string of the molecule is CCOC(=O)[C@H](C)N[P@@](=O)(Oc1ccccc1)SCCNC(=O)C(F)(F)F. The highest BCUT2D eigenvalue weighted by Crippen LogP contribution is 2.55. The molecule has 0 aliphatic rings. The molecule has 0 aromatic heterocycles. The average Bonchev–Trinajstić information content (AvgIpc) is 2.58. The highest BCUT2D eigenvalue weighted by atomic mass is 32.7. The van der Waals surface area contributed by atoms with E-state index in [1.165, 1.54) is 19.1 Å². The number of alkyl halides is 3. The van der Waals surface area contributed by atoms with E-state index < -0.39 is 30.8 Å². The first-order chi connectivity index (χ1) is 12.6. The lowest BCUT2D eigenvalue weighted by Crippen LogP contribution is -2.38. The fraction of sp³-hybridized carbons (Fsp3) is 0.467. The molecule has 1 aromatic carbocycles. The summed E-state index contributed by atoms with van der Waals surface area (Å²) in [4.78, 5) is 22.5. The number of nitrogens with one attached hydrogen (secondary N) is 2. The van der Waals surface area contributed by atoms with Gasteiger partial charge in [0.1, 0.15) is 11.8 Å². The Morgan fingerprint density at radius 3 is 2.44 bits per heavy atom. The van der Waals surface area contributed by atoms with Crippen molar-refractivity contribution < 1.29 is 36.6 Å². The fourth-order valence-electron chi connectivity index (χ4n) is 1.70. The van der Waals surface area contributed by atoms with E-state index in [2.05, 4.69) is 5.09 Å². The number of benzene rings is 1. The van der Waals surface area contributed by atoms with Crippen molar-refractivity contribution in [3.8, 4) is 5.75 Å². The van der Waals surface area contributed by atoms with Crippen molar-refractivity contribution in [2.75, 3.05) is 18.9 Å². The van der Waals surface area contributed by atoms with Gasteiger partial charge < -0.3 is 14.6 Å². The summed E-state index contributed by atoms with van der Waals surface area (Å²) in [6, 6.07) is 7.10. The molecule has 0 bridgehead atoms. The van der Waals surface area contributed by atoms with E-state index in [1.54, 1.807) is 30.4 Å². The molecule has 0 radical (unpaired) electrons. The molecule has 0 saturated carbocycles. The summed E-state index contributed by atoms with van der Waals surface area (Å²) in [5.74, 6) is -2.64. The molecule has 0 spiro atoms. The minimum absolute atomic E-state index is 0.130. The quantitative estimate of drug-likeness (QED) is 0.336. The molecule has 7 nitrogen and oxygen atoms in total. The standard InChI is InChI=1S/C15H20F3N2O5PS/c1-3-24-13(21)11(2)20-26(23,25-12-7-5-4-6-8-12)27-10-9-19-14(22)15(16,17)18/h4-8,11H,3,9-10H2,1-2H3,(H,19,22)(H,20,23)/t11-,26+/m0/s1. The molecule has 2 N–H and O–H groups in total. The van der Waals surface area contributed by atoms with Crippen LogP contribution in [0.5, 0.6) is 5.75 Å². The van der Waals surface area contributed by atoms with Crippen LogP contribution in [0.4, 0.5) is 13.2 Å². The highest BCUT2D eigenvalue weighted by molar-refractivity contribution is 8.56. The molecule has 12 heteroatoms. The second kappa shape index (κ2) is 10.6. The van der Waals surface area contributed by atoms with Crippen LogP contribution in [0.3, 0.4) is 0 Å². The number of halogens is 3. The molecule has 152 valence electrons. The smallest absolute Gasteiger partial charge is 0.465 e. The van der Waals surface area contributed by atoms with Gasteiger partial charge in [-0.1, -0.05) is 18.2 Å². The molecule has 0 aliphatic carbocycles. The van der Waals surface area contributed by atoms with E-state index in [9.17, 15) is 27.3 Å². The maximum Gasteiger partial charge on any atom is 0.471 e. The number of hydrogen-bond acceptors (Lipinski definition) is 6. The van der Waals surface area contributed by atoms with Gasteiger partial charge in [-0.2, -0.15) is 13.2 Å². The van der Waals surface area contributed by atoms with Gasteiger partial charge in [-0.25, -0.2) is 9.65 Å². The number of carbonyl (C=O) groups excluding carboxylic acids is 2. The summed E-state index contributed by atoms with van der Waals surface area (Å²) < 4.78 is 59.8. The van der Waals surface area contributed by atoms with Crippen LogP contribution in [0, 0.1) is 0 Å². The van der Waals surface area contributed by atoms with Crippen LogP contribution in [0.25, 0.3) is 0 Å². The number of ether oxygens (including phenoxy) is 1. The van der Waals surface area contributed by atoms with Crippen molar-refractivity contribution >= 4 is 30.0 Å². The lowest BCUT2D eigenvalue weighted by atomic mass is 10.3. The van der Waals surface area contributed by atoms with Crippen molar-refractivity contribution in [1.29, 1.82) is 0 Å². The third-order valence-electron chi connectivity index (χ3n) is 2.87. The summed E-state index contributed by atoms with van der Waals surface area (Å²) in [5.41, 5.74) is 0. The normalized spacial score (nSPS) is 14.7. The lowest BCUT2D eigenvalue weighted by molar-refractivity contribution is -0.173. The molecule has 0 aliphatic heterocycles. The van der Waals surface area contributed by atoms with E-state index >= 15 is 0 Å². The maximum absolute atomic E-state index is 13.0. The molecular weight excluding hydrogens is 408 g/mol. The number of hydrogen-bond donors (Lipinski definition) is 2. The summed E-state index contributed by atoms with van der Waals surface area (Å²) >= 11 is 0.668. The largest absolute Gasteiger partial charge is 0.471 e. The van der Waals surface area contributed by atoms with E-state index in [4.69, 9.17) is 9.26 Å². The molecule has 0 saturated heterocycles. The minimum atomic E-state index is -4.99. The molecule has 0 heterocycles. The van der Waals surface area contributed by atoms with Crippen LogP contribution in [0.2, 0.25) is 0 Å². The second-order valence-corrected chi connectivity index (χ2v) is 9.41. The van der Waals surface area contributed by atoms with Crippen molar-refractivity contribution in [3.63, 3.8) is 0 Å². The lowest BCUT2D eigenvalue weighted by Gasteiger charge is -2.22. The van der Waals surface area contributed by atoms with Crippen LogP contribution < -0.4 is 14.9 Å². The molecular formula is C15H20F3N2O5PS. The zero-order chi connectivity index (χ0) is 20.5. The Balaban J connectivity index is 2.74. The average molecular weight is 428 g/mol. The Morgan fingerprint density at radius 2 is 1.89 bits per heavy atom. The molecule has 1 aromatic rings. The highest BCUT2D eigenvalue weighted by Gasteiger charge is 2.38. The first-order valence-electron chi connectivity index (χ1n) is 7.86. The number of para-hydroxylation sites is 1. The van der Waals surface area contributed by atoms with Gasteiger partial charge in [0.25, 0.3) is 0 Å². The first-order valence-corrected chi connectivity index (χ1v) is 11.1. The van der Waals surface area contributed by atoms with E-state index in [0.717, 1.165) is 0 Å². The Bertz CT molecular complexity index is 675. The summed E-state index contributed by atoms with van der Waals surface area (Å²) in [5, 5.41) is 4.21. The van der Waals surface area contributed by atoms with Crippen molar-refractivity contribution in [3.05, 3.63) is 30.3 Å². The third kappa shape index (κ3) is 8.68. The van der Waals surface area contributed by atoms with Gasteiger partial charge in [-0.3, -0.25) is 9.59 Å². The second-order valence-electron chi connectivity index (χ2n) is 5.09. The summed E-state index contributed by atoms with van der Waals surface area (Å²) in [6.07, 6.45) is -4.99. The Kier molecular flexibility index (Phi) is 9.14. The van der Waals surface area contributed by atoms with Gasteiger partial charge in [0.05, 0.1) is 6.61 Å². The zero-order valence-corrected chi connectivity index (χ0v) is 16.3. The van der Waals surface area contributed by atoms with E-state index in [0.29, 0.717) is 11.4 Å². The van der Waals surface area contributed by atoms with Gasteiger partial charge in [-0.05, 0) is 37.4 Å². The van der Waals surface area contributed by atoms with Gasteiger partial charge in [0, 0.05) is 12.3 Å². The fourth-order valence-corrected chi connectivity index (χ4v) is 5.40. The maximum atomic E-state index is 13.0. The van der Waals surface area contributed by atoms with Crippen molar-refractivity contribution in [2.45, 2.75) is 26.1 Å². The topological polar surface area (TPSA) is 93.7 Å².